The van der Waals surface area contributed by atoms with Gasteiger partial charge >= 0.3 is 16.5 Å². The summed E-state index contributed by atoms with van der Waals surface area (Å²) in [4.78, 5) is 16.5. The Kier molecular flexibility index (Phi) is 22.6. The fourth-order valence-corrected chi connectivity index (χ4v) is 0. The minimum Gasteiger partial charge on any atom is -0.412 e. The molecule has 0 aromatic heterocycles. The van der Waals surface area contributed by atoms with Crippen molar-refractivity contribution in [3.63, 3.8) is 0 Å². The van der Waals surface area contributed by atoms with Crippen molar-refractivity contribution in [1.82, 2.24) is 0 Å². The molecule has 0 rings (SSSR count). The van der Waals surface area contributed by atoms with Gasteiger partial charge in [0.15, 0.2) is 0 Å². The van der Waals surface area contributed by atoms with Crippen LogP contribution in [0.3, 0.4) is 0 Å². The van der Waals surface area contributed by atoms with E-state index in [4.69, 9.17) is 53.6 Å². The summed E-state index contributed by atoms with van der Waals surface area (Å²) in [6.45, 7) is 15.4. The van der Waals surface area contributed by atoms with Gasteiger partial charge in [-0.05, 0) is 55.4 Å². The van der Waals surface area contributed by atoms with Crippen molar-refractivity contribution >= 4 is 0 Å². The number of hydrogen-bond acceptors (Lipinski definition) is 10. The van der Waals surface area contributed by atoms with Gasteiger partial charge in [-0.1, -0.05) is 0 Å². The van der Waals surface area contributed by atoms with Gasteiger partial charge in [0.25, 0.3) is 0 Å². The Morgan fingerprint density at radius 2 is 0.577 bits per heavy atom. The second kappa shape index (κ2) is 14.8. The van der Waals surface area contributed by atoms with Crippen LogP contribution in [0.2, 0.25) is 0 Å². The molecule has 0 bridgehead atoms. The summed E-state index contributed by atoms with van der Waals surface area (Å²) in [6.07, 6.45) is 0. The van der Waals surface area contributed by atoms with Crippen molar-refractivity contribution in [2.75, 3.05) is 0 Å². The summed E-state index contributed by atoms with van der Waals surface area (Å²) in [6, 6.07) is 0. The average molecular weight is 433 g/mol. The molecule has 0 unspecified atom stereocenters. The number of nitrogens with zero attached hydrogens (tertiary/aromatic N) is 2. The molecule has 0 spiro atoms. The topological polar surface area (TPSA) is 268 Å². The zero-order valence-electron chi connectivity index (χ0n) is 16.5. The molecule has 0 aromatic rings. The van der Waals surface area contributed by atoms with E-state index < -0.39 is 10.2 Å². The van der Waals surface area contributed by atoms with Gasteiger partial charge < -0.3 is 59.1 Å². The normalized spacial score (nSPS) is 10.6. The third kappa shape index (κ3) is 38.3. The molecular weight excluding hydrogens is 399 g/mol. The summed E-state index contributed by atoms with van der Waals surface area (Å²) in [5, 5.41) is 29.5. The van der Waals surface area contributed by atoms with Gasteiger partial charge in [0.1, 0.15) is 0 Å². The predicted molar refractivity (Wildman–Crippen MR) is 97.4 cm³/mol. The van der Waals surface area contributed by atoms with E-state index in [2.05, 4.69) is 0 Å². The number of rotatable bonds is 2. The minimum atomic E-state index is -1.75. The summed E-state index contributed by atoms with van der Waals surface area (Å²) in [5.41, 5.74) is 21.6. The quantitative estimate of drug-likeness (QED) is 0.249. The van der Waals surface area contributed by atoms with Crippen LogP contribution in [0, 0.1) is 30.6 Å². The van der Waals surface area contributed by atoms with Gasteiger partial charge in [0.2, 0.25) is 0 Å². The molecule has 14 heteroatoms. The molecule has 0 radical (unpaired) electrons. The standard InChI is InChI=1S/2C6H16N2.2NO3.Ni.H2O/c2*1-5(2,7)6(3,4)8;2*2-1(3)4;;/h2*7-8H2,1-4H3;;;;1H2/q;;2*-1;+2;. The van der Waals surface area contributed by atoms with E-state index in [1.807, 2.05) is 55.4 Å². The SMILES string of the molecule is CC(C)(N)C(C)(C)N.CC(C)(N)C(C)(C)N.O.O=[N+]([O-])[O-].O=[N+]([O-])[O-].[Ni+2]. The van der Waals surface area contributed by atoms with Crippen LogP contribution in [0.5, 0.6) is 0 Å². The average Bonchev–Trinajstić information content (AvgIpc) is 2.08. The van der Waals surface area contributed by atoms with Crippen LogP contribution in [0.25, 0.3) is 0 Å². The Morgan fingerprint density at radius 1 is 0.538 bits per heavy atom. The Labute approximate surface area is 163 Å². The number of nitrogens with two attached hydrogens (primary N) is 4. The molecule has 0 aliphatic heterocycles. The third-order valence-electron chi connectivity index (χ3n) is 3.32. The first kappa shape index (κ1) is 39.7. The zero-order valence-corrected chi connectivity index (χ0v) is 17.5. The molecular formula is C12H34N6NiO7. The maximum Gasteiger partial charge on any atom is 2.00 e. The van der Waals surface area contributed by atoms with Gasteiger partial charge in [0, 0.05) is 22.2 Å². The molecule has 0 fully saturated rings. The second-order valence-corrected chi connectivity index (χ2v) is 7.33. The van der Waals surface area contributed by atoms with Crippen LogP contribution in [-0.2, 0) is 16.5 Å². The van der Waals surface area contributed by atoms with Crippen LogP contribution in [0.15, 0.2) is 0 Å². The fourth-order valence-electron chi connectivity index (χ4n) is 0. The first-order chi connectivity index (χ1) is 9.96. The Hall–Kier alpha value is -1.31. The third-order valence-corrected chi connectivity index (χ3v) is 3.32. The summed E-state index contributed by atoms with van der Waals surface area (Å²) in [7, 11) is 0. The van der Waals surface area contributed by atoms with Crippen LogP contribution in [0.4, 0.5) is 0 Å². The molecule has 164 valence electrons. The number of hydrogen-bond donors (Lipinski definition) is 4. The first-order valence-electron chi connectivity index (χ1n) is 6.75. The van der Waals surface area contributed by atoms with E-state index >= 15 is 0 Å². The van der Waals surface area contributed by atoms with E-state index in [1.165, 1.54) is 0 Å². The van der Waals surface area contributed by atoms with Crippen LogP contribution in [-0.4, -0.2) is 37.8 Å². The molecule has 10 N–H and O–H groups in total. The molecule has 0 heterocycles. The van der Waals surface area contributed by atoms with Gasteiger partial charge in [-0.25, -0.2) is 0 Å². The molecule has 13 nitrogen and oxygen atoms in total. The van der Waals surface area contributed by atoms with Crippen LogP contribution < -0.4 is 22.9 Å². The monoisotopic (exact) mass is 432 g/mol. The Balaban J connectivity index is -0.0000000525. The van der Waals surface area contributed by atoms with Gasteiger partial charge in [-0.2, -0.15) is 0 Å². The molecule has 0 atom stereocenters. The van der Waals surface area contributed by atoms with Gasteiger partial charge in [0.05, 0.1) is 10.2 Å². The van der Waals surface area contributed by atoms with E-state index in [0.717, 1.165) is 0 Å². The first-order valence-corrected chi connectivity index (χ1v) is 6.75. The van der Waals surface area contributed by atoms with Crippen molar-refractivity contribution in [2.24, 2.45) is 22.9 Å². The van der Waals surface area contributed by atoms with Crippen LogP contribution >= 0.6 is 0 Å². The molecule has 0 saturated carbocycles. The molecule has 0 aromatic carbocycles. The van der Waals surface area contributed by atoms with Crippen molar-refractivity contribution < 1.29 is 32.1 Å². The maximum atomic E-state index is 8.25. The van der Waals surface area contributed by atoms with E-state index in [0.29, 0.717) is 0 Å². The molecule has 0 amide bonds. The predicted octanol–water partition coefficient (Wildman–Crippen LogP) is -0.383. The molecule has 0 saturated heterocycles. The largest absolute Gasteiger partial charge is 2.00 e. The summed E-state index contributed by atoms with van der Waals surface area (Å²) in [5.74, 6) is 0. The molecule has 0 aliphatic rings. The Bertz CT molecular complexity index is 302. The van der Waals surface area contributed by atoms with Gasteiger partial charge in [-0.3, -0.25) is 0 Å². The van der Waals surface area contributed by atoms with Crippen LogP contribution in [0.1, 0.15) is 55.4 Å². The zero-order chi connectivity index (χ0) is 21.2. The van der Waals surface area contributed by atoms with Crippen molar-refractivity contribution in [1.29, 1.82) is 0 Å². The minimum absolute atomic E-state index is 0. The molecule has 26 heavy (non-hydrogen) atoms. The second-order valence-electron chi connectivity index (χ2n) is 7.33. The van der Waals surface area contributed by atoms with Gasteiger partial charge in [-0.15, -0.1) is 0 Å². The maximum absolute atomic E-state index is 8.25. The van der Waals surface area contributed by atoms with Crippen molar-refractivity contribution in [3.8, 4) is 0 Å². The van der Waals surface area contributed by atoms with Crippen molar-refractivity contribution in [3.05, 3.63) is 30.6 Å². The van der Waals surface area contributed by atoms with E-state index in [-0.39, 0.29) is 44.1 Å². The van der Waals surface area contributed by atoms with E-state index in [9.17, 15) is 0 Å². The van der Waals surface area contributed by atoms with E-state index in [1.54, 1.807) is 0 Å². The Morgan fingerprint density at radius 3 is 0.577 bits per heavy atom. The van der Waals surface area contributed by atoms with Crippen molar-refractivity contribution in [2.45, 2.75) is 77.5 Å². The fraction of sp³-hybridized carbons (Fsp3) is 1.00. The summed E-state index contributed by atoms with van der Waals surface area (Å²) >= 11 is 0. The summed E-state index contributed by atoms with van der Waals surface area (Å²) < 4.78 is 0. The smallest absolute Gasteiger partial charge is 0.412 e. The molecule has 0 aliphatic carbocycles.